The molecule has 0 fully saturated rings. The largest absolute Gasteiger partial charge is 0.454 e. The Bertz CT molecular complexity index is 522. The van der Waals surface area contributed by atoms with E-state index in [1.165, 1.54) is 0 Å². The van der Waals surface area contributed by atoms with Gasteiger partial charge in [0.05, 0.1) is 5.69 Å². The van der Waals surface area contributed by atoms with Crippen LogP contribution < -0.4 is 15.2 Å². The fourth-order valence-corrected chi connectivity index (χ4v) is 1.67. The van der Waals surface area contributed by atoms with Crippen LogP contribution in [0, 0.1) is 0 Å². The summed E-state index contributed by atoms with van der Waals surface area (Å²) in [5.74, 6) is 1.54. The van der Waals surface area contributed by atoms with E-state index in [0.717, 1.165) is 28.5 Å². The molecule has 5 heteroatoms. The molecule has 3 N–H and O–H groups in total. The van der Waals surface area contributed by atoms with E-state index in [0.29, 0.717) is 6.54 Å². The van der Waals surface area contributed by atoms with Crippen molar-refractivity contribution in [3.05, 3.63) is 30.0 Å². The zero-order valence-electron chi connectivity index (χ0n) is 8.56. The van der Waals surface area contributed by atoms with Crippen LogP contribution >= 0.6 is 0 Å². The lowest BCUT2D eigenvalue weighted by Gasteiger charge is -1.98. The van der Waals surface area contributed by atoms with Gasteiger partial charge in [0.1, 0.15) is 0 Å². The van der Waals surface area contributed by atoms with Gasteiger partial charge in [-0.1, -0.05) is 0 Å². The minimum atomic E-state index is 0.285. The van der Waals surface area contributed by atoms with Crippen LogP contribution in [0.2, 0.25) is 0 Å². The van der Waals surface area contributed by atoms with Crippen LogP contribution in [0.25, 0.3) is 11.3 Å². The van der Waals surface area contributed by atoms with Crippen molar-refractivity contribution in [3.63, 3.8) is 0 Å². The van der Waals surface area contributed by atoms with Gasteiger partial charge in [-0.05, 0) is 24.3 Å². The Hall–Kier alpha value is -2.01. The normalized spacial score (nSPS) is 13.1. The van der Waals surface area contributed by atoms with Crippen molar-refractivity contribution in [1.29, 1.82) is 0 Å². The Labute approximate surface area is 92.2 Å². The number of nitrogens with two attached hydrogens (primary N) is 1. The highest BCUT2D eigenvalue weighted by Crippen LogP contribution is 2.35. The van der Waals surface area contributed by atoms with Crippen molar-refractivity contribution >= 4 is 0 Å². The third-order valence-electron chi connectivity index (χ3n) is 2.52. The number of rotatable bonds is 2. The second-order valence-electron chi connectivity index (χ2n) is 3.55. The molecule has 2 aromatic rings. The number of H-pyrrole nitrogens is 1. The highest BCUT2D eigenvalue weighted by Gasteiger charge is 2.14. The summed E-state index contributed by atoms with van der Waals surface area (Å²) in [7, 11) is 0. The van der Waals surface area contributed by atoms with Crippen molar-refractivity contribution < 1.29 is 9.47 Å². The average Bonchev–Trinajstić information content (AvgIpc) is 2.96. The van der Waals surface area contributed by atoms with Crippen molar-refractivity contribution in [1.82, 2.24) is 10.2 Å². The quantitative estimate of drug-likeness (QED) is 0.794. The molecule has 1 aliphatic rings. The molecular formula is C11H11N3O2. The molecule has 0 aliphatic carbocycles. The first-order valence-electron chi connectivity index (χ1n) is 5.01. The molecule has 82 valence electrons. The Morgan fingerprint density at radius 3 is 2.94 bits per heavy atom. The van der Waals surface area contributed by atoms with Crippen LogP contribution in [0.15, 0.2) is 24.3 Å². The summed E-state index contributed by atoms with van der Waals surface area (Å²) in [4.78, 5) is 0. The second-order valence-corrected chi connectivity index (χ2v) is 3.55. The number of aromatic amines is 1. The topological polar surface area (TPSA) is 73.2 Å². The van der Waals surface area contributed by atoms with Crippen LogP contribution in [-0.4, -0.2) is 17.0 Å². The second kappa shape index (κ2) is 3.53. The molecule has 16 heavy (non-hydrogen) atoms. The molecule has 0 amide bonds. The van der Waals surface area contributed by atoms with E-state index >= 15 is 0 Å². The lowest BCUT2D eigenvalue weighted by atomic mass is 10.1. The van der Waals surface area contributed by atoms with E-state index in [-0.39, 0.29) is 6.79 Å². The zero-order chi connectivity index (χ0) is 11.0. The van der Waals surface area contributed by atoms with Gasteiger partial charge in [0.25, 0.3) is 0 Å². The highest BCUT2D eigenvalue weighted by atomic mass is 16.7. The number of hydrogen-bond acceptors (Lipinski definition) is 4. The summed E-state index contributed by atoms with van der Waals surface area (Å²) >= 11 is 0. The maximum Gasteiger partial charge on any atom is 0.231 e. The molecule has 0 spiro atoms. The molecule has 1 aliphatic heterocycles. The molecule has 5 nitrogen and oxygen atoms in total. The molecule has 0 atom stereocenters. The monoisotopic (exact) mass is 217 g/mol. The van der Waals surface area contributed by atoms with Crippen LogP contribution in [0.3, 0.4) is 0 Å². The Morgan fingerprint density at radius 1 is 1.25 bits per heavy atom. The number of ether oxygens (including phenoxy) is 2. The highest BCUT2D eigenvalue weighted by molar-refractivity contribution is 5.64. The molecule has 0 bridgehead atoms. The number of nitrogens with zero attached hydrogens (tertiary/aromatic N) is 1. The summed E-state index contributed by atoms with van der Waals surface area (Å²) in [5.41, 5.74) is 8.27. The van der Waals surface area contributed by atoms with Crippen LogP contribution in [0.1, 0.15) is 5.69 Å². The molecule has 0 saturated carbocycles. The number of nitrogens with one attached hydrogen (secondary N) is 1. The van der Waals surface area contributed by atoms with Gasteiger partial charge in [-0.3, -0.25) is 5.10 Å². The minimum Gasteiger partial charge on any atom is -0.454 e. The molecule has 3 rings (SSSR count). The SMILES string of the molecule is NCc1cc(-c2ccc3c(c2)OCO3)n[nH]1. The van der Waals surface area contributed by atoms with E-state index in [9.17, 15) is 0 Å². The van der Waals surface area contributed by atoms with E-state index in [1.54, 1.807) is 0 Å². The zero-order valence-corrected chi connectivity index (χ0v) is 8.56. The van der Waals surface area contributed by atoms with Crippen molar-refractivity contribution in [2.75, 3.05) is 6.79 Å². The lowest BCUT2D eigenvalue weighted by molar-refractivity contribution is 0.174. The van der Waals surface area contributed by atoms with E-state index in [2.05, 4.69) is 10.2 Å². The first-order valence-corrected chi connectivity index (χ1v) is 5.01. The van der Waals surface area contributed by atoms with Gasteiger partial charge in [-0.15, -0.1) is 0 Å². The van der Waals surface area contributed by atoms with Gasteiger partial charge < -0.3 is 15.2 Å². The smallest absolute Gasteiger partial charge is 0.231 e. The third kappa shape index (κ3) is 1.42. The third-order valence-corrected chi connectivity index (χ3v) is 2.52. The van der Waals surface area contributed by atoms with Gasteiger partial charge in [0.15, 0.2) is 11.5 Å². The number of hydrogen-bond donors (Lipinski definition) is 2. The fraction of sp³-hybridized carbons (Fsp3) is 0.182. The van der Waals surface area contributed by atoms with Gasteiger partial charge in [0.2, 0.25) is 6.79 Å². The molecule has 0 saturated heterocycles. The Morgan fingerprint density at radius 2 is 2.12 bits per heavy atom. The summed E-state index contributed by atoms with van der Waals surface area (Å²) in [5, 5.41) is 7.06. The molecule has 1 aromatic heterocycles. The summed E-state index contributed by atoms with van der Waals surface area (Å²) in [6.07, 6.45) is 0. The molecule has 0 radical (unpaired) electrons. The summed E-state index contributed by atoms with van der Waals surface area (Å²) in [6, 6.07) is 7.68. The maximum absolute atomic E-state index is 5.52. The van der Waals surface area contributed by atoms with Gasteiger partial charge >= 0.3 is 0 Å². The van der Waals surface area contributed by atoms with Crippen molar-refractivity contribution in [2.45, 2.75) is 6.54 Å². The average molecular weight is 217 g/mol. The van der Waals surface area contributed by atoms with Gasteiger partial charge in [-0.25, -0.2) is 0 Å². The van der Waals surface area contributed by atoms with Crippen molar-refractivity contribution in [2.24, 2.45) is 5.73 Å². The van der Waals surface area contributed by atoms with Crippen LogP contribution in [0.5, 0.6) is 11.5 Å². The van der Waals surface area contributed by atoms with E-state index < -0.39 is 0 Å². The Balaban J connectivity index is 2.00. The summed E-state index contributed by atoms with van der Waals surface area (Å²) < 4.78 is 10.6. The molecule has 1 aromatic carbocycles. The van der Waals surface area contributed by atoms with E-state index in [1.807, 2.05) is 24.3 Å². The van der Waals surface area contributed by atoms with Gasteiger partial charge in [-0.2, -0.15) is 5.10 Å². The first-order chi connectivity index (χ1) is 7.86. The number of aromatic nitrogens is 2. The molecular weight excluding hydrogens is 206 g/mol. The van der Waals surface area contributed by atoms with Crippen LogP contribution in [-0.2, 0) is 6.54 Å². The van der Waals surface area contributed by atoms with Gasteiger partial charge in [0, 0.05) is 17.8 Å². The predicted molar refractivity (Wildman–Crippen MR) is 58.0 cm³/mol. The lowest BCUT2D eigenvalue weighted by Crippen LogP contribution is -1.95. The van der Waals surface area contributed by atoms with Crippen molar-refractivity contribution in [3.8, 4) is 22.8 Å². The molecule has 0 unspecified atom stereocenters. The van der Waals surface area contributed by atoms with E-state index in [4.69, 9.17) is 15.2 Å². The predicted octanol–water partition coefficient (Wildman–Crippen LogP) is 1.26. The number of fused-ring (bicyclic) bond motifs is 1. The standard InChI is InChI=1S/C11H11N3O2/c12-5-8-4-9(14-13-8)7-1-2-10-11(3-7)16-6-15-10/h1-4H,5-6,12H2,(H,13,14). The number of benzene rings is 1. The van der Waals surface area contributed by atoms with Crippen LogP contribution in [0.4, 0.5) is 0 Å². The maximum atomic E-state index is 5.52. The Kier molecular flexibility index (Phi) is 2.04. The fourth-order valence-electron chi connectivity index (χ4n) is 1.67. The first kappa shape index (κ1) is 9.23. The molecule has 2 heterocycles. The minimum absolute atomic E-state index is 0.285. The summed E-state index contributed by atoms with van der Waals surface area (Å²) in [6.45, 7) is 0.741.